The van der Waals surface area contributed by atoms with Crippen molar-refractivity contribution in [2.75, 3.05) is 31.6 Å². The van der Waals surface area contributed by atoms with Gasteiger partial charge in [0.25, 0.3) is 0 Å². The van der Waals surface area contributed by atoms with Crippen LogP contribution in [0.15, 0.2) is 6.20 Å². The molecule has 2 heterocycles. The van der Waals surface area contributed by atoms with Crippen LogP contribution in [0.25, 0.3) is 0 Å². The zero-order valence-corrected chi connectivity index (χ0v) is 11.5. The lowest BCUT2D eigenvalue weighted by molar-refractivity contribution is 0.0746. The van der Waals surface area contributed by atoms with Crippen molar-refractivity contribution >= 4 is 11.9 Å². The zero-order chi connectivity index (χ0) is 13.7. The Hall–Kier alpha value is -1.85. The minimum atomic E-state index is -0.220. The van der Waals surface area contributed by atoms with Gasteiger partial charge in [-0.15, -0.1) is 0 Å². The fourth-order valence-corrected chi connectivity index (χ4v) is 2.02. The van der Waals surface area contributed by atoms with Crippen LogP contribution in [0, 0.1) is 6.92 Å². The van der Waals surface area contributed by atoms with E-state index in [1.165, 1.54) is 0 Å². The third-order valence-corrected chi connectivity index (χ3v) is 3.10. The van der Waals surface area contributed by atoms with Crippen molar-refractivity contribution in [2.24, 2.45) is 0 Å². The molecule has 0 bridgehead atoms. The summed E-state index contributed by atoms with van der Waals surface area (Å²) in [6, 6.07) is 0. The molecule has 1 aliphatic rings. The molecule has 1 amide bonds. The van der Waals surface area contributed by atoms with E-state index in [0.717, 1.165) is 36.6 Å². The standard InChI is InChI=1S/C13H20N4O2/c1-3-11-9-15-10(2)16-12(11)14-5-7-17-6-4-8-19-13(17)18/h9H,3-8H2,1-2H3,(H,14,15,16). The average molecular weight is 264 g/mol. The molecule has 6 nitrogen and oxygen atoms in total. The number of hydrogen-bond acceptors (Lipinski definition) is 5. The number of nitrogens with one attached hydrogen (secondary N) is 1. The fourth-order valence-electron chi connectivity index (χ4n) is 2.02. The van der Waals surface area contributed by atoms with Crippen molar-refractivity contribution in [3.05, 3.63) is 17.6 Å². The number of carbonyl (C=O) groups is 1. The molecule has 0 aromatic carbocycles. The van der Waals surface area contributed by atoms with E-state index in [9.17, 15) is 4.79 Å². The molecule has 0 unspecified atom stereocenters. The molecule has 0 atom stereocenters. The summed E-state index contributed by atoms with van der Waals surface area (Å²) >= 11 is 0. The smallest absolute Gasteiger partial charge is 0.409 e. The highest BCUT2D eigenvalue weighted by molar-refractivity contribution is 5.68. The number of aromatic nitrogens is 2. The van der Waals surface area contributed by atoms with E-state index < -0.39 is 0 Å². The third-order valence-electron chi connectivity index (χ3n) is 3.10. The first-order valence-corrected chi connectivity index (χ1v) is 6.68. The van der Waals surface area contributed by atoms with Crippen LogP contribution < -0.4 is 5.32 Å². The van der Waals surface area contributed by atoms with Gasteiger partial charge in [-0.25, -0.2) is 14.8 Å². The fraction of sp³-hybridized carbons (Fsp3) is 0.615. The van der Waals surface area contributed by atoms with Crippen molar-refractivity contribution in [1.29, 1.82) is 0 Å². The predicted molar refractivity (Wildman–Crippen MR) is 72.2 cm³/mol. The number of ether oxygens (including phenoxy) is 1. The maximum atomic E-state index is 11.5. The highest BCUT2D eigenvalue weighted by atomic mass is 16.6. The van der Waals surface area contributed by atoms with Crippen molar-refractivity contribution < 1.29 is 9.53 Å². The Morgan fingerprint density at radius 2 is 2.37 bits per heavy atom. The second kappa shape index (κ2) is 6.36. The Bertz CT molecular complexity index is 450. The van der Waals surface area contributed by atoms with Crippen LogP contribution in [0.3, 0.4) is 0 Å². The summed E-state index contributed by atoms with van der Waals surface area (Å²) in [7, 11) is 0. The van der Waals surface area contributed by atoms with Gasteiger partial charge in [0.1, 0.15) is 11.6 Å². The lowest BCUT2D eigenvalue weighted by Gasteiger charge is -2.26. The SMILES string of the molecule is CCc1cnc(C)nc1NCCN1CCCOC1=O. The number of aryl methyl sites for hydroxylation is 2. The minimum absolute atomic E-state index is 0.220. The third kappa shape index (κ3) is 3.56. The molecule has 0 saturated carbocycles. The van der Waals surface area contributed by atoms with Crippen molar-refractivity contribution in [3.63, 3.8) is 0 Å². The molecule has 1 fully saturated rings. The molecule has 6 heteroatoms. The average Bonchev–Trinajstić information content (AvgIpc) is 2.41. The van der Waals surface area contributed by atoms with E-state index >= 15 is 0 Å². The molecule has 1 N–H and O–H groups in total. The van der Waals surface area contributed by atoms with Gasteiger partial charge in [0.15, 0.2) is 0 Å². The molecule has 0 spiro atoms. The number of cyclic esters (lactones) is 1. The molecule has 2 rings (SSSR count). The van der Waals surface area contributed by atoms with Gasteiger partial charge < -0.3 is 15.0 Å². The van der Waals surface area contributed by atoms with Crippen molar-refractivity contribution in [1.82, 2.24) is 14.9 Å². The van der Waals surface area contributed by atoms with Crippen molar-refractivity contribution in [3.8, 4) is 0 Å². The number of anilines is 1. The van der Waals surface area contributed by atoms with E-state index in [4.69, 9.17) is 4.74 Å². The highest BCUT2D eigenvalue weighted by Crippen LogP contribution is 2.12. The second-order valence-electron chi connectivity index (χ2n) is 4.53. The molecule has 19 heavy (non-hydrogen) atoms. The van der Waals surface area contributed by atoms with Gasteiger partial charge in [0.05, 0.1) is 6.61 Å². The molecule has 1 aromatic rings. The van der Waals surface area contributed by atoms with Gasteiger partial charge in [-0.3, -0.25) is 0 Å². The molecule has 0 radical (unpaired) electrons. The van der Waals surface area contributed by atoms with Crippen LogP contribution in [-0.4, -0.2) is 47.2 Å². The summed E-state index contributed by atoms with van der Waals surface area (Å²) in [5.74, 6) is 1.61. The monoisotopic (exact) mass is 264 g/mol. The number of amides is 1. The molecule has 0 aliphatic carbocycles. The zero-order valence-electron chi connectivity index (χ0n) is 11.5. The Morgan fingerprint density at radius 3 is 3.11 bits per heavy atom. The van der Waals surface area contributed by atoms with E-state index in [2.05, 4.69) is 22.2 Å². The van der Waals surface area contributed by atoms with Crippen LogP contribution in [-0.2, 0) is 11.2 Å². The molecule has 1 aromatic heterocycles. The van der Waals surface area contributed by atoms with Gasteiger partial charge in [0, 0.05) is 31.4 Å². The van der Waals surface area contributed by atoms with Crippen LogP contribution in [0.1, 0.15) is 24.7 Å². The lowest BCUT2D eigenvalue weighted by Crippen LogP contribution is -2.40. The molecule has 104 valence electrons. The minimum Gasteiger partial charge on any atom is -0.449 e. The summed E-state index contributed by atoms with van der Waals surface area (Å²) in [4.78, 5) is 21.8. The summed E-state index contributed by atoms with van der Waals surface area (Å²) in [6.45, 7) is 6.54. The van der Waals surface area contributed by atoms with Crippen LogP contribution >= 0.6 is 0 Å². The van der Waals surface area contributed by atoms with E-state index in [1.54, 1.807) is 4.90 Å². The van der Waals surface area contributed by atoms with Crippen molar-refractivity contribution in [2.45, 2.75) is 26.7 Å². The summed E-state index contributed by atoms with van der Waals surface area (Å²) in [5.41, 5.74) is 1.09. The number of hydrogen-bond donors (Lipinski definition) is 1. The first-order chi connectivity index (χ1) is 9.20. The van der Waals surface area contributed by atoms with Crippen LogP contribution in [0.4, 0.5) is 10.6 Å². The summed E-state index contributed by atoms with van der Waals surface area (Å²) in [5, 5.41) is 3.27. The molecule has 1 saturated heterocycles. The quantitative estimate of drug-likeness (QED) is 0.875. The summed E-state index contributed by atoms with van der Waals surface area (Å²) in [6.07, 6.45) is 3.41. The second-order valence-corrected chi connectivity index (χ2v) is 4.53. The Kier molecular flexibility index (Phi) is 4.54. The maximum absolute atomic E-state index is 11.5. The van der Waals surface area contributed by atoms with Gasteiger partial charge in [-0.05, 0) is 19.8 Å². The maximum Gasteiger partial charge on any atom is 0.409 e. The normalized spacial score (nSPS) is 15.3. The largest absolute Gasteiger partial charge is 0.449 e. The number of nitrogens with zero attached hydrogens (tertiary/aromatic N) is 3. The van der Waals surface area contributed by atoms with E-state index in [0.29, 0.717) is 19.7 Å². The van der Waals surface area contributed by atoms with Gasteiger partial charge in [-0.2, -0.15) is 0 Å². The molecular weight excluding hydrogens is 244 g/mol. The summed E-state index contributed by atoms with van der Waals surface area (Å²) < 4.78 is 4.99. The Morgan fingerprint density at radius 1 is 1.53 bits per heavy atom. The highest BCUT2D eigenvalue weighted by Gasteiger charge is 2.18. The van der Waals surface area contributed by atoms with E-state index in [-0.39, 0.29) is 6.09 Å². The first-order valence-electron chi connectivity index (χ1n) is 6.68. The number of rotatable bonds is 5. The van der Waals surface area contributed by atoms with Gasteiger partial charge in [-0.1, -0.05) is 6.92 Å². The van der Waals surface area contributed by atoms with Crippen LogP contribution in [0.5, 0.6) is 0 Å². The Balaban J connectivity index is 1.88. The number of carbonyl (C=O) groups excluding carboxylic acids is 1. The van der Waals surface area contributed by atoms with Gasteiger partial charge in [0.2, 0.25) is 0 Å². The predicted octanol–water partition coefficient (Wildman–Crippen LogP) is 1.60. The van der Waals surface area contributed by atoms with E-state index in [1.807, 2.05) is 13.1 Å². The first kappa shape index (κ1) is 13.6. The topological polar surface area (TPSA) is 67.3 Å². The lowest BCUT2D eigenvalue weighted by atomic mass is 10.2. The molecule has 1 aliphatic heterocycles. The van der Waals surface area contributed by atoms with Gasteiger partial charge >= 0.3 is 6.09 Å². The Labute approximate surface area is 113 Å². The van der Waals surface area contributed by atoms with Crippen LogP contribution in [0.2, 0.25) is 0 Å². The molecular formula is C13H20N4O2.